The molecule has 34 heavy (non-hydrogen) atoms. The van der Waals surface area contributed by atoms with E-state index in [1.54, 1.807) is 28.3 Å². The highest BCUT2D eigenvalue weighted by molar-refractivity contribution is 6.07. The van der Waals surface area contributed by atoms with Gasteiger partial charge in [0.1, 0.15) is 12.6 Å². The summed E-state index contributed by atoms with van der Waals surface area (Å²) in [6.45, 7) is 0.141. The number of nitrogens with zero attached hydrogens (tertiary/aromatic N) is 3. The van der Waals surface area contributed by atoms with Crippen LogP contribution >= 0.6 is 0 Å². The molecule has 0 bridgehead atoms. The van der Waals surface area contributed by atoms with Gasteiger partial charge >= 0.3 is 0 Å². The van der Waals surface area contributed by atoms with Crippen LogP contribution in [0.15, 0.2) is 67.0 Å². The molecule has 0 spiro atoms. The van der Waals surface area contributed by atoms with E-state index in [2.05, 4.69) is 16.0 Å². The molecule has 7 rings (SSSR count). The number of carbonyl (C=O) groups excluding carboxylic acids is 2. The second kappa shape index (κ2) is 7.08. The van der Waals surface area contributed by atoms with Crippen molar-refractivity contribution in [2.75, 3.05) is 18.2 Å². The molecule has 0 aliphatic carbocycles. The van der Waals surface area contributed by atoms with Gasteiger partial charge in [-0.05, 0) is 41.5 Å². The number of nitrogens with one attached hydrogen (secondary N) is 1. The molecule has 3 aliphatic rings. The minimum Gasteiger partial charge on any atom is -0.454 e. The topological polar surface area (TPSA) is 87.8 Å². The molecule has 8 nitrogen and oxygen atoms in total. The summed E-state index contributed by atoms with van der Waals surface area (Å²) >= 11 is 0. The molecule has 2 aromatic heterocycles. The fourth-order valence-electron chi connectivity index (χ4n) is 5.43. The molecule has 0 radical (unpaired) electrons. The fourth-order valence-corrected chi connectivity index (χ4v) is 5.43. The average molecular weight is 452 g/mol. The summed E-state index contributed by atoms with van der Waals surface area (Å²) in [5, 5.41) is 1.07. The van der Waals surface area contributed by atoms with Crippen LogP contribution in [0.2, 0.25) is 0 Å². The lowest BCUT2D eigenvalue weighted by molar-refractivity contribution is -0.145. The zero-order valence-electron chi connectivity index (χ0n) is 18.1. The number of hydrogen-bond donors (Lipinski definition) is 1. The summed E-state index contributed by atoms with van der Waals surface area (Å²) in [5.74, 6) is 1.11. The van der Waals surface area contributed by atoms with Gasteiger partial charge in [0.05, 0.1) is 17.9 Å². The molecular weight excluding hydrogens is 432 g/mol. The Morgan fingerprint density at radius 3 is 2.76 bits per heavy atom. The van der Waals surface area contributed by atoms with Gasteiger partial charge in [0.25, 0.3) is 5.91 Å². The van der Waals surface area contributed by atoms with Gasteiger partial charge in [-0.1, -0.05) is 24.3 Å². The zero-order valence-corrected chi connectivity index (χ0v) is 18.1. The standard InChI is InChI=1S/C26H20N4O4/c31-23-13-29(16-4-3-9-27-12-16)26(32)20-11-18-17-5-1-2-6-19(17)28-24(18)25(30(20)23)15-7-8-21-22(10-15)34-14-33-21/h1-10,12,20,25,28H,11,13-14H2/t20-,25-/m1/s1. The summed E-state index contributed by atoms with van der Waals surface area (Å²) in [4.78, 5) is 38.4. The molecule has 168 valence electrons. The predicted octanol–water partition coefficient (Wildman–Crippen LogP) is 3.18. The number of pyridine rings is 1. The van der Waals surface area contributed by atoms with Crippen LogP contribution in [-0.2, 0) is 16.0 Å². The first-order valence-electron chi connectivity index (χ1n) is 11.2. The Hall–Kier alpha value is -4.33. The monoisotopic (exact) mass is 452 g/mol. The summed E-state index contributed by atoms with van der Waals surface area (Å²) < 4.78 is 11.1. The minimum atomic E-state index is -0.622. The van der Waals surface area contributed by atoms with E-state index in [1.807, 2.05) is 42.5 Å². The van der Waals surface area contributed by atoms with Crippen LogP contribution in [0.25, 0.3) is 10.9 Å². The van der Waals surface area contributed by atoms with Gasteiger partial charge in [-0.15, -0.1) is 0 Å². The molecule has 3 aliphatic heterocycles. The number of carbonyl (C=O) groups is 2. The van der Waals surface area contributed by atoms with Crippen LogP contribution in [0.3, 0.4) is 0 Å². The van der Waals surface area contributed by atoms with Crippen molar-refractivity contribution in [2.24, 2.45) is 0 Å². The molecule has 2 atom stereocenters. The van der Waals surface area contributed by atoms with E-state index in [-0.39, 0.29) is 25.2 Å². The lowest BCUT2D eigenvalue weighted by atomic mass is 9.86. The molecule has 2 amide bonds. The van der Waals surface area contributed by atoms with Crippen LogP contribution in [0.5, 0.6) is 11.5 Å². The van der Waals surface area contributed by atoms with Gasteiger partial charge in [-0.3, -0.25) is 19.5 Å². The molecule has 1 fully saturated rings. The maximum Gasteiger partial charge on any atom is 0.250 e. The number of amides is 2. The van der Waals surface area contributed by atoms with E-state index < -0.39 is 12.1 Å². The quantitative estimate of drug-likeness (QED) is 0.505. The SMILES string of the molecule is O=C1[C@H]2Cc3c([nH]c4ccccc34)[C@@H](c3ccc4c(c3)OCO4)N2C(=O)CN1c1cccnc1. The lowest BCUT2D eigenvalue weighted by Crippen LogP contribution is -2.63. The normalized spacial score (nSPS) is 21.1. The van der Waals surface area contributed by atoms with Gasteiger partial charge in [0, 0.05) is 29.2 Å². The van der Waals surface area contributed by atoms with Crippen molar-refractivity contribution >= 4 is 28.4 Å². The first-order chi connectivity index (χ1) is 16.7. The Kier molecular flexibility index (Phi) is 3.99. The van der Waals surface area contributed by atoms with Crippen molar-refractivity contribution in [2.45, 2.75) is 18.5 Å². The van der Waals surface area contributed by atoms with Crippen LogP contribution in [-0.4, -0.2) is 46.1 Å². The maximum atomic E-state index is 13.8. The van der Waals surface area contributed by atoms with Crippen molar-refractivity contribution in [3.63, 3.8) is 0 Å². The van der Waals surface area contributed by atoms with Crippen molar-refractivity contribution in [3.05, 3.63) is 83.8 Å². The summed E-state index contributed by atoms with van der Waals surface area (Å²) in [6, 6.07) is 16.3. The number of piperazine rings is 1. The third-order valence-corrected chi connectivity index (χ3v) is 6.93. The number of ether oxygens (including phenoxy) is 2. The third-order valence-electron chi connectivity index (χ3n) is 6.93. The number of rotatable bonds is 2. The largest absolute Gasteiger partial charge is 0.454 e. The Labute approximate surface area is 194 Å². The number of aromatic nitrogens is 2. The Balaban J connectivity index is 1.41. The average Bonchev–Trinajstić information content (AvgIpc) is 3.49. The summed E-state index contributed by atoms with van der Waals surface area (Å²) in [5.41, 5.74) is 4.49. The molecule has 0 unspecified atom stereocenters. The van der Waals surface area contributed by atoms with Crippen LogP contribution in [0.1, 0.15) is 22.9 Å². The van der Waals surface area contributed by atoms with Gasteiger partial charge in [0.15, 0.2) is 11.5 Å². The number of fused-ring (bicyclic) bond motifs is 5. The number of para-hydroxylation sites is 1. The Morgan fingerprint density at radius 2 is 1.88 bits per heavy atom. The number of aromatic amines is 1. The molecule has 1 saturated heterocycles. The highest BCUT2D eigenvalue weighted by Crippen LogP contribution is 2.45. The second-order valence-corrected chi connectivity index (χ2v) is 8.73. The molecule has 8 heteroatoms. The maximum absolute atomic E-state index is 13.8. The van der Waals surface area contributed by atoms with E-state index >= 15 is 0 Å². The highest BCUT2D eigenvalue weighted by atomic mass is 16.7. The first-order valence-corrected chi connectivity index (χ1v) is 11.2. The predicted molar refractivity (Wildman–Crippen MR) is 124 cm³/mol. The van der Waals surface area contributed by atoms with Gasteiger partial charge in [0.2, 0.25) is 12.7 Å². The third kappa shape index (κ3) is 2.68. The molecule has 2 aromatic carbocycles. The van der Waals surface area contributed by atoms with Gasteiger partial charge in [-0.25, -0.2) is 0 Å². The zero-order chi connectivity index (χ0) is 22.8. The van der Waals surface area contributed by atoms with E-state index in [0.717, 1.165) is 27.7 Å². The van der Waals surface area contributed by atoms with Crippen LogP contribution < -0.4 is 14.4 Å². The van der Waals surface area contributed by atoms with E-state index in [9.17, 15) is 9.59 Å². The van der Waals surface area contributed by atoms with E-state index in [0.29, 0.717) is 23.6 Å². The Bertz CT molecular complexity index is 1460. The molecule has 4 aromatic rings. The van der Waals surface area contributed by atoms with Crippen LogP contribution in [0, 0.1) is 0 Å². The highest BCUT2D eigenvalue weighted by Gasteiger charge is 2.48. The van der Waals surface area contributed by atoms with Crippen LogP contribution in [0.4, 0.5) is 5.69 Å². The molecule has 5 heterocycles. The molecule has 0 saturated carbocycles. The molecular formula is C26H20N4O4. The Morgan fingerprint density at radius 1 is 1.00 bits per heavy atom. The summed E-state index contributed by atoms with van der Waals surface area (Å²) in [6.07, 6.45) is 3.72. The van der Waals surface area contributed by atoms with Crippen molar-refractivity contribution in [1.82, 2.24) is 14.9 Å². The van der Waals surface area contributed by atoms with Crippen molar-refractivity contribution in [1.29, 1.82) is 0 Å². The van der Waals surface area contributed by atoms with E-state index in [4.69, 9.17) is 9.47 Å². The van der Waals surface area contributed by atoms with Gasteiger partial charge < -0.3 is 19.4 Å². The van der Waals surface area contributed by atoms with Crippen molar-refractivity contribution < 1.29 is 19.1 Å². The van der Waals surface area contributed by atoms with Crippen molar-refractivity contribution in [3.8, 4) is 11.5 Å². The van der Waals surface area contributed by atoms with Gasteiger partial charge in [-0.2, -0.15) is 0 Å². The summed E-state index contributed by atoms with van der Waals surface area (Å²) in [7, 11) is 0. The number of H-pyrrole nitrogens is 1. The second-order valence-electron chi connectivity index (χ2n) is 8.73. The number of hydrogen-bond acceptors (Lipinski definition) is 5. The number of benzene rings is 2. The lowest BCUT2D eigenvalue weighted by Gasteiger charge is -2.47. The fraction of sp³-hybridized carbons (Fsp3) is 0.192. The first kappa shape index (κ1) is 19.2. The van der Waals surface area contributed by atoms with E-state index in [1.165, 1.54) is 0 Å². The minimum absolute atomic E-state index is 0.0301. The smallest absolute Gasteiger partial charge is 0.250 e. The molecule has 1 N–H and O–H groups in total. The number of anilines is 1.